The van der Waals surface area contributed by atoms with E-state index in [-0.39, 0.29) is 0 Å². The minimum atomic E-state index is -1.20. The maximum absolute atomic E-state index is 11.4. The normalized spacial score (nSPS) is 12.8. The fourth-order valence-electron chi connectivity index (χ4n) is 1.55. The van der Waals surface area contributed by atoms with E-state index in [9.17, 15) is 4.55 Å². The molecule has 0 saturated carbocycles. The summed E-state index contributed by atoms with van der Waals surface area (Å²) in [5, 5.41) is 11.5. The Balaban J connectivity index is 2.54. The summed E-state index contributed by atoms with van der Waals surface area (Å²) >= 11 is -1.20. The Hall–Kier alpha value is -1.40. The number of hydrogen-bond donors (Lipinski definition) is 0. The first-order valence-corrected chi connectivity index (χ1v) is 6.35. The lowest BCUT2D eigenvalue weighted by molar-refractivity contribution is 0.585. The van der Waals surface area contributed by atoms with E-state index in [0.29, 0.717) is 5.16 Å². The number of aromatic nitrogens is 4. The van der Waals surface area contributed by atoms with E-state index in [1.54, 1.807) is 6.26 Å². The van der Waals surface area contributed by atoms with Crippen LogP contribution in [0.4, 0.5) is 0 Å². The lowest BCUT2D eigenvalue weighted by Gasteiger charge is -2.08. The second-order valence-electron chi connectivity index (χ2n) is 3.62. The molecule has 1 heterocycles. The van der Waals surface area contributed by atoms with Crippen LogP contribution in [0, 0.1) is 13.8 Å². The van der Waals surface area contributed by atoms with Gasteiger partial charge in [-0.15, -0.1) is 0 Å². The Morgan fingerprint density at radius 1 is 1.31 bits per heavy atom. The molecule has 0 aliphatic rings. The van der Waals surface area contributed by atoms with E-state index in [2.05, 4.69) is 15.5 Å². The molecule has 0 aliphatic heterocycles. The molecule has 0 radical (unpaired) electrons. The highest BCUT2D eigenvalue weighted by Crippen LogP contribution is 2.17. The van der Waals surface area contributed by atoms with Gasteiger partial charge in [0.25, 0.3) is 0 Å². The molecular formula is C10H12N4OS. The summed E-state index contributed by atoms with van der Waals surface area (Å²) in [4.78, 5) is 0. The molecule has 6 heteroatoms. The van der Waals surface area contributed by atoms with E-state index in [4.69, 9.17) is 0 Å². The van der Waals surface area contributed by atoms with Crippen LogP contribution in [0.15, 0.2) is 23.4 Å². The average Bonchev–Trinajstić information content (AvgIpc) is 2.66. The van der Waals surface area contributed by atoms with E-state index < -0.39 is 11.2 Å². The van der Waals surface area contributed by atoms with Crippen molar-refractivity contribution in [2.24, 2.45) is 0 Å². The molecule has 1 atom stereocenters. The van der Waals surface area contributed by atoms with E-state index >= 15 is 0 Å². The van der Waals surface area contributed by atoms with E-state index in [0.717, 1.165) is 11.3 Å². The minimum absolute atomic E-state index is 0.368. The third-order valence-electron chi connectivity index (χ3n) is 2.28. The van der Waals surface area contributed by atoms with Crippen LogP contribution in [0.2, 0.25) is 0 Å². The van der Waals surface area contributed by atoms with Crippen LogP contribution in [0.3, 0.4) is 0 Å². The molecule has 5 nitrogen and oxygen atoms in total. The SMILES string of the molecule is Cc1ccc(-n2nnnc2[S+](C)[O-])c(C)c1. The van der Waals surface area contributed by atoms with Crippen molar-refractivity contribution in [3.8, 4) is 5.69 Å². The summed E-state index contributed by atoms with van der Waals surface area (Å²) in [7, 11) is 0. The van der Waals surface area contributed by atoms with Crippen molar-refractivity contribution in [3.05, 3.63) is 29.3 Å². The second-order valence-corrected chi connectivity index (χ2v) is 4.89. The van der Waals surface area contributed by atoms with Crippen LogP contribution in [-0.2, 0) is 11.2 Å². The van der Waals surface area contributed by atoms with Gasteiger partial charge in [-0.3, -0.25) is 0 Å². The van der Waals surface area contributed by atoms with Crippen LogP contribution in [0.25, 0.3) is 5.69 Å². The summed E-state index contributed by atoms with van der Waals surface area (Å²) in [5.74, 6) is 0. The third kappa shape index (κ3) is 1.94. The van der Waals surface area contributed by atoms with Gasteiger partial charge >= 0.3 is 5.16 Å². The van der Waals surface area contributed by atoms with Gasteiger partial charge in [0.15, 0.2) is 0 Å². The molecule has 2 aromatic rings. The smallest absolute Gasteiger partial charge is 0.365 e. The molecule has 16 heavy (non-hydrogen) atoms. The molecule has 0 fully saturated rings. The fourth-order valence-corrected chi connectivity index (χ4v) is 2.08. The van der Waals surface area contributed by atoms with Crippen LogP contribution in [-0.4, -0.2) is 31.0 Å². The lowest BCUT2D eigenvalue weighted by Crippen LogP contribution is -2.10. The van der Waals surface area contributed by atoms with Crippen molar-refractivity contribution in [3.63, 3.8) is 0 Å². The Kier molecular flexibility index (Phi) is 2.93. The van der Waals surface area contributed by atoms with Crippen molar-refractivity contribution < 1.29 is 4.55 Å². The fraction of sp³-hybridized carbons (Fsp3) is 0.300. The largest absolute Gasteiger partial charge is 0.609 e. The van der Waals surface area contributed by atoms with Crippen LogP contribution in [0.1, 0.15) is 11.1 Å². The monoisotopic (exact) mass is 236 g/mol. The zero-order valence-electron chi connectivity index (χ0n) is 9.34. The molecule has 0 spiro atoms. The molecule has 0 N–H and O–H groups in total. The molecule has 1 aromatic heterocycles. The summed E-state index contributed by atoms with van der Waals surface area (Å²) < 4.78 is 12.9. The first kappa shape index (κ1) is 11.1. The quantitative estimate of drug-likeness (QED) is 0.730. The standard InChI is InChI=1S/C10H12N4OS/c1-7-4-5-9(8(2)6-7)14-10(16(3)15)11-12-13-14/h4-6H,1-3H3. The van der Waals surface area contributed by atoms with Gasteiger partial charge in [0, 0.05) is 11.2 Å². The van der Waals surface area contributed by atoms with Gasteiger partial charge in [-0.05, 0) is 35.9 Å². The summed E-state index contributed by atoms with van der Waals surface area (Å²) in [5.41, 5.74) is 3.09. The highest BCUT2D eigenvalue weighted by Gasteiger charge is 2.18. The van der Waals surface area contributed by atoms with Gasteiger partial charge in [0.05, 0.1) is 5.69 Å². The summed E-state index contributed by atoms with van der Waals surface area (Å²) in [6, 6.07) is 5.95. The van der Waals surface area contributed by atoms with Crippen molar-refractivity contribution in [2.75, 3.05) is 6.26 Å². The number of aryl methyl sites for hydroxylation is 2. The molecule has 84 valence electrons. The first-order chi connectivity index (χ1) is 7.59. The lowest BCUT2D eigenvalue weighted by atomic mass is 10.1. The molecule has 0 saturated heterocycles. The molecule has 2 rings (SSSR count). The van der Waals surface area contributed by atoms with Gasteiger partial charge in [-0.25, -0.2) is 0 Å². The number of rotatable bonds is 2. The zero-order chi connectivity index (χ0) is 11.7. The van der Waals surface area contributed by atoms with Crippen molar-refractivity contribution in [1.82, 2.24) is 20.2 Å². The molecular weight excluding hydrogens is 224 g/mol. The predicted molar refractivity (Wildman–Crippen MR) is 61.0 cm³/mol. The highest BCUT2D eigenvalue weighted by atomic mass is 32.2. The van der Waals surface area contributed by atoms with Crippen molar-refractivity contribution >= 4 is 11.2 Å². The topological polar surface area (TPSA) is 66.7 Å². The average molecular weight is 236 g/mol. The molecule has 0 bridgehead atoms. The third-order valence-corrected chi connectivity index (χ3v) is 3.05. The summed E-state index contributed by atoms with van der Waals surface area (Å²) in [6.45, 7) is 4.00. The van der Waals surface area contributed by atoms with Gasteiger partial charge < -0.3 is 4.55 Å². The number of hydrogen-bond acceptors (Lipinski definition) is 4. The number of benzene rings is 1. The minimum Gasteiger partial charge on any atom is -0.609 e. The van der Waals surface area contributed by atoms with E-state index in [1.807, 2.05) is 32.0 Å². The van der Waals surface area contributed by atoms with Crippen molar-refractivity contribution in [2.45, 2.75) is 19.0 Å². The Morgan fingerprint density at radius 3 is 2.69 bits per heavy atom. The van der Waals surface area contributed by atoms with Gasteiger partial charge in [-0.2, -0.15) is 4.68 Å². The van der Waals surface area contributed by atoms with Gasteiger partial charge in [-0.1, -0.05) is 22.8 Å². The van der Waals surface area contributed by atoms with Crippen LogP contribution in [0.5, 0.6) is 0 Å². The molecule has 0 aliphatic carbocycles. The van der Waals surface area contributed by atoms with E-state index in [1.165, 1.54) is 10.2 Å². The summed E-state index contributed by atoms with van der Waals surface area (Å²) in [6.07, 6.45) is 1.56. The van der Waals surface area contributed by atoms with Crippen LogP contribution < -0.4 is 0 Å². The molecule has 1 unspecified atom stereocenters. The highest BCUT2D eigenvalue weighted by molar-refractivity contribution is 7.90. The second kappa shape index (κ2) is 4.23. The predicted octanol–water partition coefficient (Wildman–Crippen LogP) is 1.02. The molecule has 1 aromatic carbocycles. The number of tetrazole rings is 1. The Morgan fingerprint density at radius 2 is 2.06 bits per heavy atom. The number of nitrogens with zero attached hydrogens (tertiary/aromatic N) is 4. The Labute approximate surface area is 96.7 Å². The van der Waals surface area contributed by atoms with Gasteiger partial charge in [0.1, 0.15) is 6.26 Å². The van der Waals surface area contributed by atoms with Crippen LogP contribution >= 0.6 is 0 Å². The van der Waals surface area contributed by atoms with Crippen molar-refractivity contribution in [1.29, 1.82) is 0 Å². The Bertz CT molecular complexity index is 509. The van der Waals surface area contributed by atoms with Gasteiger partial charge in [0.2, 0.25) is 0 Å². The maximum atomic E-state index is 11.4. The molecule has 0 amide bonds. The maximum Gasteiger partial charge on any atom is 0.365 e. The zero-order valence-corrected chi connectivity index (χ0v) is 10.2. The first-order valence-electron chi connectivity index (χ1n) is 4.79.